The van der Waals surface area contributed by atoms with E-state index in [4.69, 9.17) is 0 Å². The molecule has 0 N–H and O–H groups in total. The minimum atomic E-state index is 0.549. The molecule has 3 fully saturated rings. The molecule has 0 saturated heterocycles. The Morgan fingerprint density at radius 2 is 1.85 bits per heavy atom. The van der Waals surface area contributed by atoms with Crippen LogP contribution in [0.15, 0.2) is 23.8 Å². The van der Waals surface area contributed by atoms with Crippen LogP contribution in [0.3, 0.4) is 0 Å². The van der Waals surface area contributed by atoms with Crippen molar-refractivity contribution in [2.45, 2.75) is 98.8 Å². The summed E-state index contributed by atoms with van der Waals surface area (Å²) in [5.74, 6) is 5.29. The Hall–Kier alpha value is -0.520. The van der Waals surface area contributed by atoms with Gasteiger partial charge < -0.3 is 0 Å². The smallest absolute Gasteiger partial charge is 0.00853 e. The summed E-state index contributed by atoms with van der Waals surface area (Å²) >= 11 is 0. The van der Waals surface area contributed by atoms with E-state index in [9.17, 15) is 0 Å². The first-order valence-corrected chi connectivity index (χ1v) is 12.2. The van der Waals surface area contributed by atoms with Crippen molar-refractivity contribution in [2.24, 2.45) is 46.3 Å². The maximum atomic E-state index is 2.79. The normalized spacial score (nSPS) is 45.3. The van der Waals surface area contributed by atoms with Gasteiger partial charge in [0.1, 0.15) is 0 Å². The summed E-state index contributed by atoms with van der Waals surface area (Å²) in [6.45, 7) is 12.5. The van der Waals surface area contributed by atoms with Crippen LogP contribution in [0, 0.1) is 46.3 Å². The predicted octanol–water partition coefficient (Wildman–Crippen LogP) is 8.19. The molecule has 7 atom stereocenters. The Bertz CT molecular complexity index is 595. The molecule has 0 aromatic heterocycles. The molecule has 3 saturated carbocycles. The van der Waals surface area contributed by atoms with Gasteiger partial charge in [-0.25, -0.2) is 0 Å². The SMILES string of the molecule is CC(C)CC=C[C@@H](C)[C@H]1CC[C@H]2[C@@H]3CCC4CCCC[C@]4(C)C3=CC[C@]12C. The number of rotatable bonds is 4. The van der Waals surface area contributed by atoms with Crippen LogP contribution < -0.4 is 0 Å². The van der Waals surface area contributed by atoms with Gasteiger partial charge in [-0.2, -0.15) is 0 Å². The van der Waals surface area contributed by atoms with Gasteiger partial charge in [-0.15, -0.1) is 0 Å². The fraction of sp³-hybridized carbons (Fsp3) is 0.852. The molecule has 1 unspecified atom stereocenters. The van der Waals surface area contributed by atoms with Gasteiger partial charge >= 0.3 is 0 Å². The second-order valence-corrected chi connectivity index (χ2v) is 11.6. The van der Waals surface area contributed by atoms with Crippen LogP contribution in [-0.2, 0) is 0 Å². The van der Waals surface area contributed by atoms with Crippen molar-refractivity contribution in [3.63, 3.8) is 0 Å². The molecule has 0 nitrogen and oxygen atoms in total. The predicted molar refractivity (Wildman–Crippen MR) is 118 cm³/mol. The van der Waals surface area contributed by atoms with E-state index in [1.165, 1.54) is 64.2 Å². The lowest BCUT2D eigenvalue weighted by Gasteiger charge is -2.56. The molecule has 0 aromatic carbocycles. The van der Waals surface area contributed by atoms with Crippen molar-refractivity contribution in [1.82, 2.24) is 0 Å². The highest BCUT2D eigenvalue weighted by Crippen LogP contribution is 2.66. The summed E-state index contributed by atoms with van der Waals surface area (Å²) < 4.78 is 0. The summed E-state index contributed by atoms with van der Waals surface area (Å²) in [4.78, 5) is 0. The topological polar surface area (TPSA) is 0 Å². The Kier molecular flexibility index (Phi) is 5.41. The first-order chi connectivity index (χ1) is 12.9. The Balaban J connectivity index is 1.55. The molecule has 27 heavy (non-hydrogen) atoms. The van der Waals surface area contributed by atoms with E-state index in [2.05, 4.69) is 52.8 Å². The fourth-order valence-electron chi connectivity index (χ4n) is 8.16. The van der Waals surface area contributed by atoms with Gasteiger partial charge in [-0.05, 0) is 97.7 Å². The van der Waals surface area contributed by atoms with Crippen LogP contribution in [0.4, 0.5) is 0 Å². The fourth-order valence-corrected chi connectivity index (χ4v) is 8.16. The highest BCUT2D eigenvalue weighted by Gasteiger charge is 2.56. The quantitative estimate of drug-likeness (QED) is 0.439. The molecular weight excluding hydrogens is 324 g/mol. The van der Waals surface area contributed by atoms with Gasteiger partial charge in [0, 0.05) is 0 Å². The van der Waals surface area contributed by atoms with Crippen molar-refractivity contribution < 1.29 is 0 Å². The van der Waals surface area contributed by atoms with Crippen molar-refractivity contribution in [3.8, 4) is 0 Å². The van der Waals surface area contributed by atoms with Gasteiger partial charge in [-0.1, -0.05) is 71.3 Å². The highest BCUT2D eigenvalue weighted by molar-refractivity contribution is 5.29. The van der Waals surface area contributed by atoms with E-state index in [-0.39, 0.29) is 0 Å². The van der Waals surface area contributed by atoms with Crippen LogP contribution >= 0.6 is 0 Å². The molecule has 0 aliphatic heterocycles. The van der Waals surface area contributed by atoms with Crippen LogP contribution in [0.5, 0.6) is 0 Å². The summed E-state index contributed by atoms with van der Waals surface area (Å²) in [6.07, 6.45) is 22.3. The van der Waals surface area contributed by atoms with Crippen molar-refractivity contribution in [3.05, 3.63) is 23.8 Å². The third-order valence-electron chi connectivity index (χ3n) is 9.70. The lowest BCUT2D eigenvalue weighted by Crippen LogP contribution is -2.47. The molecule has 0 heteroatoms. The van der Waals surface area contributed by atoms with Crippen molar-refractivity contribution >= 4 is 0 Å². The second kappa shape index (κ2) is 7.38. The zero-order chi connectivity index (χ0) is 19.2. The van der Waals surface area contributed by atoms with E-state index in [1.54, 1.807) is 0 Å². The van der Waals surface area contributed by atoms with Crippen molar-refractivity contribution in [1.29, 1.82) is 0 Å². The maximum Gasteiger partial charge on any atom is -0.00853 e. The minimum absolute atomic E-state index is 0.549. The number of hydrogen-bond acceptors (Lipinski definition) is 0. The second-order valence-electron chi connectivity index (χ2n) is 11.6. The van der Waals surface area contributed by atoms with E-state index in [0.29, 0.717) is 10.8 Å². The monoisotopic (exact) mass is 368 g/mol. The van der Waals surface area contributed by atoms with Gasteiger partial charge in [0.2, 0.25) is 0 Å². The average Bonchev–Trinajstić information content (AvgIpc) is 2.98. The number of allylic oxidation sites excluding steroid dienone is 4. The van der Waals surface area contributed by atoms with Gasteiger partial charge in [0.15, 0.2) is 0 Å². The minimum Gasteiger partial charge on any atom is -0.0880 e. The average molecular weight is 369 g/mol. The summed E-state index contributed by atoms with van der Waals surface area (Å²) in [5.41, 5.74) is 3.04. The van der Waals surface area contributed by atoms with Gasteiger partial charge in [-0.3, -0.25) is 0 Å². The standard InChI is InChI=1S/C27H44/c1-19(2)9-8-10-20(3)23-14-15-24-22-13-12-21-11-6-7-17-26(21,4)25(22)16-18-27(23,24)5/h8,10,16,19-24H,6-7,9,11-15,17-18H2,1-5H3/t20-,21?,22+,23-,24+,26+,27-/m1/s1. The van der Waals surface area contributed by atoms with Crippen LogP contribution in [0.1, 0.15) is 98.8 Å². The summed E-state index contributed by atoms with van der Waals surface area (Å²) in [7, 11) is 0. The number of fused-ring (bicyclic) bond motifs is 5. The molecule has 0 amide bonds. The summed E-state index contributed by atoms with van der Waals surface area (Å²) in [5, 5.41) is 0. The third kappa shape index (κ3) is 3.28. The first kappa shape index (κ1) is 19.8. The molecule has 0 heterocycles. The Labute approximate surface area is 169 Å². The molecule has 152 valence electrons. The van der Waals surface area contributed by atoms with Crippen LogP contribution in [0.25, 0.3) is 0 Å². The van der Waals surface area contributed by atoms with Gasteiger partial charge in [0.25, 0.3) is 0 Å². The van der Waals surface area contributed by atoms with E-state index < -0.39 is 0 Å². The lowest BCUT2D eigenvalue weighted by atomic mass is 9.48. The summed E-state index contributed by atoms with van der Waals surface area (Å²) in [6, 6.07) is 0. The molecule has 0 radical (unpaired) electrons. The molecule has 4 aliphatic carbocycles. The molecule has 0 bridgehead atoms. The molecule has 4 rings (SSSR count). The molecule has 0 spiro atoms. The zero-order valence-electron chi connectivity index (χ0n) is 18.8. The molecule has 0 aromatic rings. The Morgan fingerprint density at radius 1 is 1.04 bits per heavy atom. The molecular formula is C27H44. The van der Waals surface area contributed by atoms with Crippen LogP contribution in [-0.4, -0.2) is 0 Å². The first-order valence-electron chi connectivity index (χ1n) is 12.2. The van der Waals surface area contributed by atoms with Crippen molar-refractivity contribution in [2.75, 3.05) is 0 Å². The zero-order valence-corrected chi connectivity index (χ0v) is 18.8. The van der Waals surface area contributed by atoms with Crippen LogP contribution in [0.2, 0.25) is 0 Å². The number of hydrogen-bond donors (Lipinski definition) is 0. The lowest BCUT2D eigenvalue weighted by molar-refractivity contribution is 0.0245. The third-order valence-corrected chi connectivity index (χ3v) is 9.70. The largest absolute Gasteiger partial charge is 0.0880 e. The maximum absolute atomic E-state index is 2.79. The molecule has 4 aliphatic rings. The highest BCUT2D eigenvalue weighted by atomic mass is 14.6. The van der Waals surface area contributed by atoms with E-state index in [0.717, 1.165) is 35.5 Å². The van der Waals surface area contributed by atoms with E-state index in [1.807, 2.05) is 5.57 Å². The Morgan fingerprint density at radius 3 is 2.63 bits per heavy atom. The van der Waals surface area contributed by atoms with E-state index >= 15 is 0 Å². The van der Waals surface area contributed by atoms with Gasteiger partial charge in [0.05, 0.1) is 0 Å².